The van der Waals surface area contributed by atoms with Gasteiger partial charge in [-0.2, -0.15) is 0 Å². The van der Waals surface area contributed by atoms with Crippen molar-refractivity contribution in [2.45, 2.75) is 6.92 Å². The summed E-state index contributed by atoms with van der Waals surface area (Å²) in [5.41, 5.74) is 1.66. The number of hydrogen-bond donors (Lipinski definition) is 1. The van der Waals surface area contributed by atoms with E-state index in [0.717, 1.165) is 10.0 Å². The highest BCUT2D eigenvalue weighted by molar-refractivity contribution is 9.10. The quantitative estimate of drug-likeness (QED) is 0.693. The monoisotopic (exact) mass is 375 g/mol. The molecular weight excluding hydrogens is 368 g/mol. The molecule has 6 heteroatoms. The van der Waals surface area contributed by atoms with Gasteiger partial charge in [-0.25, -0.2) is 4.39 Å². The van der Waals surface area contributed by atoms with E-state index in [0.29, 0.717) is 11.3 Å². The average molecular weight is 377 g/mol. The second-order valence-corrected chi connectivity index (χ2v) is 5.79. The van der Waals surface area contributed by atoms with Crippen LogP contribution in [0.1, 0.15) is 15.9 Å². The molecule has 2 nitrogen and oxygen atoms in total. The Morgan fingerprint density at radius 3 is 2.45 bits per heavy atom. The topological polar surface area (TPSA) is 29.1 Å². The summed E-state index contributed by atoms with van der Waals surface area (Å²) in [6, 6.07) is 7.93. The summed E-state index contributed by atoms with van der Waals surface area (Å²) in [6.45, 7) is 1.82. The minimum absolute atomic E-state index is 0.140. The normalized spacial score (nSPS) is 10.4. The molecule has 20 heavy (non-hydrogen) atoms. The van der Waals surface area contributed by atoms with Crippen molar-refractivity contribution in [3.05, 3.63) is 61.8 Å². The zero-order valence-corrected chi connectivity index (χ0v) is 13.4. The molecule has 0 aliphatic rings. The number of benzene rings is 2. The van der Waals surface area contributed by atoms with Gasteiger partial charge in [0.25, 0.3) is 5.91 Å². The molecule has 0 aliphatic heterocycles. The van der Waals surface area contributed by atoms with Crippen LogP contribution in [0.15, 0.2) is 34.8 Å². The molecule has 0 atom stereocenters. The Balaban J connectivity index is 2.30. The number of hydrogen-bond acceptors (Lipinski definition) is 1. The molecule has 0 saturated carbocycles. The van der Waals surface area contributed by atoms with Crippen molar-refractivity contribution in [1.82, 2.24) is 0 Å². The number of carbonyl (C=O) groups is 1. The third kappa shape index (κ3) is 3.14. The maximum Gasteiger partial charge on any atom is 0.255 e. The van der Waals surface area contributed by atoms with E-state index in [1.807, 2.05) is 13.0 Å². The smallest absolute Gasteiger partial charge is 0.255 e. The van der Waals surface area contributed by atoms with Crippen LogP contribution in [0.4, 0.5) is 10.1 Å². The largest absolute Gasteiger partial charge is 0.322 e. The van der Waals surface area contributed by atoms with Gasteiger partial charge in [-0.05, 0) is 36.8 Å². The fraction of sp³-hybridized carbons (Fsp3) is 0.0714. The highest BCUT2D eigenvalue weighted by atomic mass is 79.9. The van der Waals surface area contributed by atoms with Crippen LogP contribution >= 0.6 is 39.1 Å². The Bertz CT molecular complexity index is 668. The Hall–Kier alpha value is -1.10. The molecule has 2 rings (SSSR count). The lowest BCUT2D eigenvalue weighted by atomic mass is 10.1. The van der Waals surface area contributed by atoms with Gasteiger partial charge in [0.2, 0.25) is 0 Å². The SMILES string of the molecule is Cc1c(Br)cccc1C(=O)Nc1cc(Cl)c(F)c(Cl)c1. The summed E-state index contributed by atoms with van der Waals surface area (Å²) in [5.74, 6) is -1.02. The summed E-state index contributed by atoms with van der Waals surface area (Å²) in [4.78, 5) is 12.2. The van der Waals surface area contributed by atoms with Gasteiger partial charge < -0.3 is 5.32 Å². The number of amides is 1. The molecule has 2 aromatic rings. The summed E-state index contributed by atoms with van der Waals surface area (Å²) in [7, 11) is 0. The molecule has 0 heterocycles. The molecule has 2 aromatic carbocycles. The highest BCUT2D eigenvalue weighted by Gasteiger charge is 2.13. The van der Waals surface area contributed by atoms with Crippen LogP contribution in [0.25, 0.3) is 0 Å². The predicted octanol–water partition coefficient (Wildman–Crippen LogP) is 5.46. The van der Waals surface area contributed by atoms with Gasteiger partial charge in [0, 0.05) is 15.7 Å². The predicted molar refractivity (Wildman–Crippen MR) is 83.3 cm³/mol. The zero-order chi connectivity index (χ0) is 14.9. The van der Waals surface area contributed by atoms with Crippen LogP contribution in [0.5, 0.6) is 0 Å². The Morgan fingerprint density at radius 1 is 1.25 bits per heavy atom. The van der Waals surface area contributed by atoms with Gasteiger partial charge in [-0.15, -0.1) is 0 Å². The van der Waals surface area contributed by atoms with Gasteiger partial charge in [-0.3, -0.25) is 4.79 Å². The Morgan fingerprint density at radius 2 is 1.85 bits per heavy atom. The van der Waals surface area contributed by atoms with E-state index < -0.39 is 5.82 Å². The van der Waals surface area contributed by atoms with Crippen molar-refractivity contribution in [3.8, 4) is 0 Å². The first-order chi connectivity index (χ1) is 9.40. The van der Waals surface area contributed by atoms with E-state index in [4.69, 9.17) is 23.2 Å². The van der Waals surface area contributed by atoms with Gasteiger partial charge in [0.15, 0.2) is 5.82 Å². The number of carbonyl (C=O) groups excluding carboxylic acids is 1. The zero-order valence-electron chi connectivity index (χ0n) is 10.3. The molecule has 0 radical (unpaired) electrons. The fourth-order valence-corrected chi connectivity index (χ4v) is 2.53. The van der Waals surface area contributed by atoms with Crippen molar-refractivity contribution in [2.24, 2.45) is 0 Å². The minimum Gasteiger partial charge on any atom is -0.322 e. The lowest BCUT2D eigenvalue weighted by Gasteiger charge is -2.10. The number of halogens is 4. The van der Waals surface area contributed by atoms with E-state index in [1.54, 1.807) is 12.1 Å². The van der Waals surface area contributed by atoms with Gasteiger partial charge in [0.05, 0.1) is 10.0 Å². The van der Waals surface area contributed by atoms with E-state index in [1.165, 1.54) is 12.1 Å². The number of nitrogens with one attached hydrogen (secondary N) is 1. The standard InChI is InChI=1S/C14H9BrCl2FNO/c1-7-9(3-2-4-10(7)15)14(20)19-8-5-11(16)13(18)12(17)6-8/h2-6H,1H3,(H,19,20). The van der Waals surface area contributed by atoms with Crippen LogP contribution in [0.3, 0.4) is 0 Å². The highest BCUT2D eigenvalue weighted by Crippen LogP contribution is 2.28. The lowest BCUT2D eigenvalue weighted by Crippen LogP contribution is -2.13. The van der Waals surface area contributed by atoms with Crippen molar-refractivity contribution in [1.29, 1.82) is 0 Å². The van der Waals surface area contributed by atoms with E-state index in [-0.39, 0.29) is 16.0 Å². The lowest BCUT2D eigenvalue weighted by molar-refractivity contribution is 0.102. The second-order valence-electron chi connectivity index (χ2n) is 4.12. The van der Waals surface area contributed by atoms with Gasteiger partial charge in [-0.1, -0.05) is 45.2 Å². The summed E-state index contributed by atoms with van der Waals surface area (Å²) < 4.78 is 14.1. The Kier molecular flexibility index (Phi) is 4.68. The van der Waals surface area contributed by atoms with Crippen molar-refractivity contribution in [3.63, 3.8) is 0 Å². The van der Waals surface area contributed by atoms with Gasteiger partial charge in [0.1, 0.15) is 0 Å². The summed E-state index contributed by atoms with van der Waals surface area (Å²) >= 11 is 14.7. The van der Waals surface area contributed by atoms with Crippen LogP contribution in [0.2, 0.25) is 10.0 Å². The van der Waals surface area contributed by atoms with E-state index in [2.05, 4.69) is 21.2 Å². The fourth-order valence-electron chi connectivity index (χ4n) is 1.68. The molecule has 0 spiro atoms. The maximum atomic E-state index is 13.3. The molecule has 0 fully saturated rings. The average Bonchev–Trinajstić information content (AvgIpc) is 2.39. The summed E-state index contributed by atoms with van der Waals surface area (Å²) in [6.07, 6.45) is 0. The number of rotatable bonds is 2. The van der Waals surface area contributed by atoms with Crippen molar-refractivity contribution < 1.29 is 9.18 Å². The van der Waals surface area contributed by atoms with Crippen LogP contribution < -0.4 is 5.32 Å². The molecule has 0 aromatic heterocycles. The molecule has 0 saturated heterocycles. The minimum atomic E-state index is -0.704. The third-order valence-electron chi connectivity index (χ3n) is 2.75. The first-order valence-corrected chi connectivity index (χ1v) is 7.16. The molecule has 0 bridgehead atoms. The summed E-state index contributed by atoms with van der Waals surface area (Å²) in [5, 5.41) is 2.36. The van der Waals surface area contributed by atoms with Crippen LogP contribution in [-0.2, 0) is 0 Å². The van der Waals surface area contributed by atoms with Gasteiger partial charge >= 0.3 is 0 Å². The molecule has 0 unspecified atom stereocenters. The molecule has 1 amide bonds. The Labute approximate surface area is 134 Å². The van der Waals surface area contributed by atoms with E-state index >= 15 is 0 Å². The first-order valence-electron chi connectivity index (χ1n) is 5.61. The first kappa shape index (κ1) is 15.3. The molecular formula is C14H9BrCl2FNO. The second kappa shape index (κ2) is 6.12. The molecule has 0 aliphatic carbocycles. The van der Waals surface area contributed by atoms with Crippen LogP contribution in [-0.4, -0.2) is 5.91 Å². The molecule has 104 valence electrons. The van der Waals surface area contributed by atoms with Crippen molar-refractivity contribution in [2.75, 3.05) is 5.32 Å². The maximum absolute atomic E-state index is 13.3. The van der Waals surface area contributed by atoms with Crippen LogP contribution in [0, 0.1) is 12.7 Å². The molecule has 1 N–H and O–H groups in total. The van der Waals surface area contributed by atoms with E-state index in [9.17, 15) is 9.18 Å². The third-order valence-corrected chi connectivity index (χ3v) is 4.16. The van der Waals surface area contributed by atoms with Crippen molar-refractivity contribution >= 4 is 50.7 Å². The number of anilines is 1.